The third-order valence-electron chi connectivity index (χ3n) is 4.57. The molecule has 1 aromatic carbocycles. The van der Waals surface area contributed by atoms with Crippen molar-refractivity contribution in [2.75, 3.05) is 31.2 Å². The number of nitrogens with one attached hydrogen (secondary N) is 1. The number of pyridine rings is 1. The van der Waals surface area contributed by atoms with Crippen LogP contribution in [0.15, 0.2) is 60.1 Å². The Kier molecular flexibility index (Phi) is 5.46. The third-order valence-corrected chi connectivity index (χ3v) is 5.49. The first kappa shape index (κ1) is 17.7. The predicted molar refractivity (Wildman–Crippen MR) is 108 cm³/mol. The summed E-state index contributed by atoms with van der Waals surface area (Å²) in [5.74, 6) is 0.871. The van der Waals surface area contributed by atoms with Crippen LogP contribution in [0.4, 0.5) is 5.82 Å². The Bertz CT molecular complexity index is 905. The first-order valence-corrected chi connectivity index (χ1v) is 9.88. The van der Waals surface area contributed by atoms with Crippen molar-refractivity contribution in [3.63, 3.8) is 0 Å². The van der Waals surface area contributed by atoms with Gasteiger partial charge in [-0.3, -0.25) is 4.79 Å². The molecule has 0 aliphatic carbocycles. The maximum atomic E-state index is 12.8. The van der Waals surface area contributed by atoms with E-state index >= 15 is 0 Å². The number of benzene rings is 1. The summed E-state index contributed by atoms with van der Waals surface area (Å²) in [6.45, 7) is 3.50. The molecule has 5 nitrogen and oxygen atoms in total. The van der Waals surface area contributed by atoms with Gasteiger partial charge in [0.05, 0.1) is 18.1 Å². The van der Waals surface area contributed by atoms with E-state index in [4.69, 9.17) is 4.74 Å². The van der Waals surface area contributed by atoms with Crippen molar-refractivity contribution in [2.45, 2.75) is 6.54 Å². The molecule has 1 aliphatic rings. The fraction of sp³-hybridized carbons (Fsp3) is 0.238. The van der Waals surface area contributed by atoms with Crippen LogP contribution in [0.3, 0.4) is 0 Å². The quantitative estimate of drug-likeness (QED) is 0.736. The molecule has 0 unspecified atom stereocenters. The summed E-state index contributed by atoms with van der Waals surface area (Å²) in [5, 5.41) is 5.02. The van der Waals surface area contributed by atoms with Crippen LogP contribution in [0.5, 0.6) is 0 Å². The fourth-order valence-corrected chi connectivity index (χ4v) is 4.05. The van der Waals surface area contributed by atoms with Crippen molar-refractivity contribution >= 4 is 23.1 Å². The minimum Gasteiger partial charge on any atom is -0.378 e. The van der Waals surface area contributed by atoms with Gasteiger partial charge in [0, 0.05) is 37.0 Å². The third kappa shape index (κ3) is 4.02. The number of amides is 1. The maximum Gasteiger partial charge on any atom is 0.262 e. The molecule has 0 saturated carbocycles. The first-order valence-electron chi connectivity index (χ1n) is 9.00. The summed E-state index contributed by atoms with van der Waals surface area (Å²) in [5.41, 5.74) is 3.04. The van der Waals surface area contributed by atoms with Crippen LogP contribution in [0.25, 0.3) is 11.1 Å². The summed E-state index contributed by atoms with van der Waals surface area (Å²) in [6.07, 6.45) is 1.79. The number of anilines is 1. The lowest BCUT2D eigenvalue weighted by molar-refractivity contribution is 0.0955. The van der Waals surface area contributed by atoms with Gasteiger partial charge < -0.3 is 15.0 Å². The molecule has 0 spiro atoms. The van der Waals surface area contributed by atoms with Crippen molar-refractivity contribution in [2.24, 2.45) is 0 Å². The Morgan fingerprint density at radius 2 is 1.93 bits per heavy atom. The van der Waals surface area contributed by atoms with Gasteiger partial charge in [-0.05, 0) is 23.1 Å². The van der Waals surface area contributed by atoms with Crippen molar-refractivity contribution in [3.05, 3.63) is 70.5 Å². The lowest BCUT2D eigenvalue weighted by atomic mass is 10.1. The number of aromatic nitrogens is 1. The SMILES string of the molecule is O=C(NCc1cccnc1N1CCOCC1)c1sccc1-c1ccccc1. The molecule has 0 atom stereocenters. The molecule has 3 aromatic rings. The standard InChI is InChI=1S/C21H21N3O2S/c25-21(19-18(8-14-27-19)16-5-2-1-3-6-16)23-15-17-7-4-9-22-20(17)24-10-12-26-13-11-24/h1-9,14H,10-13,15H2,(H,23,25). The number of morpholine rings is 1. The van der Waals surface area contributed by atoms with Crippen LogP contribution in [0.1, 0.15) is 15.2 Å². The highest BCUT2D eigenvalue weighted by Crippen LogP contribution is 2.28. The monoisotopic (exact) mass is 379 g/mol. The Morgan fingerprint density at radius 1 is 1.11 bits per heavy atom. The average molecular weight is 379 g/mol. The van der Waals surface area contributed by atoms with E-state index in [-0.39, 0.29) is 5.91 Å². The molecule has 138 valence electrons. The molecule has 2 aromatic heterocycles. The molecule has 1 saturated heterocycles. The molecule has 6 heteroatoms. The zero-order valence-corrected chi connectivity index (χ0v) is 15.7. The number of hydrogen-bond donors (Lipinski definition) is 1. The zero-order chi connectivity index (χ0) is 18.5. The minimum atomic E-state index is -0.0550. The molecular formula is C21H21N3O2S. The topological polar surface area (TPSA) is 54.5 Å². The van der Waals surface area contributed by atoms with Gasteiger partial charge in [0.2, 0.25) is 0 Å². The highest BCUT2D eigenvalue weighted by Gasteiger charge is 2.18. The van der Waals surface area contributed by atoms with Gasteiger partial charge in [0.25, 0.3) is 5.91 Å². The van der Waals surface area contributed by atoms with Crippen molar-refractivity contribution in [1.29, 1.82) is 0 Å². The summed E-state index contributed by atoms with van der Waals surface area (Å²) < 4.78 is 5.43. The van der Waals surface area contributed by atoms with Gasteiger partial charge in [-0.15, -0.1) is 11.3 Å². The molecule has 4 rings (SSSR count). The van der Waals surface area contributed by atoms with Gasteiger partial charge in [0.1, 0.15) is 5.82 Å². The largest absolute Gasteiger partial charge is 0.378 e. The second kappa shape index (κ2) is 8.33. The molecular weight excluding hydrogens is 358 g/mol. The van der Waals surface area contributed by atoms with Gasteiger partial charge in [-0.25, -0.2) is 4.98 Å². The van der Waals surface area contributed by atoms with Gasteiger partial charge in [0.15, 0.2) is 0 Å². The summed E-state index contributed by atoms with van der Waals surface area (Å²) in [4.78, 5) is 20.3. The average Bonchev–Trinajstić information content (AvgIpc) is 3.24. The van der Waals surface area contributed by atoms with Crippen LogP contribution < -0.4 is 10.2 Å². The van der Waals surface area contributed by atoms with Crippen LogP contribution in [-0.4, -0.2) is 37.2 Å². The van der Waals surface area contributed by atoms with Gasteiger partial charge in [-0.2, -0.15) is 0 Å². The lowest BCUT2D eigenvalue weighted by Crippen LogP contribution is -2.37. The first-order chi connectivity index (χ1) is 13.3. The molecule has 1 fully saturated rings. The van der Waals surface area contributed by atoms with Gasteiger partial charge in [-0.1, -0.05) is 36.4 Å². The molecule has 0 radical (unpaired) electrons. The van der Waals surface area contributed by atoms with E-state index in [1.807, 2.05) is 53.9 Å². The Morgan fingerprint density at radius 3 is 2.74 bits per heavy atom. The summed E-state index contributed by atoms with van der Waals surface area (Å²) in [6, 6.07) is 15.9. The normalized spacial score (nSPS) is 14.1. The second-order valence-electron chi connectivity index (χ2n) is 6.30. The summed E-state index contributed by atoms with van der Waals surface area (Å²) in [7, 11) is 0. The number of carbonyl (C=O) groups is 1. The number of ether oxygens (including phenoxy) is 1. The highest BCUT2D eigenvalue weighted by atomic mass is 32.1. The van der Waals surface area contributed by atoms with E-state index in [1.54, 1.807) is 6.20 Å². The maximum absolute atomic E-state index is 12.8. The number of rotatable bonds is 5. The molecule has 1 aliphatic heterocycles. The molecule has 3 heterocycles. The van der Waals surface area contributed by atoms with Crippen LogP contribution >= 0.6 is 11.3 Å². The zero-order valence-electron chi connectivity index (χ0n) is 14.9. The molecule has 1 N–H and O–H groups in total. The Hall–Kier alpha value is -2.70. The Labute approximate surface area is 162 Å². The van der Waals surface area contributed by atoms with Crippen LogP contribution in [-0.2, 0) is 11.3 Å². The predicted octanol–water partition coefficient (Wildman–Crippen LogP) is 3.58. The summed E-state index contributed by atoms with van der Waals surface area (Å²) >= 11 is 1.47. The number of nitrogens with zero attached hydrogens (tertiary/aromatic N) is 2. The second-order valence-corrected chi connectivity index (χ2v) is 7.21. The van der Waals surface area contributed by atoms with E-state index in [2.05, 4.69) is 15.2 Å². The van der Waals surface area contributed by atoms with Gasteiger partial charge >= 0.3 is 0 Å². The number of carbonyl (C=O) groups excluding carboxylic acids is 1. The fourth-order valence-electron chi connectivity index (χ4n) is 3.21. The van der Waals surface area contributed by atoms with E-state index in [9.17, 15) is 4.79 Å². The van der Waals surface area contributed by atoms with Crippen molar-refractivity contribution < 1.29 is 9.53 Å². The lowest BCUT2D eigenvalue weighted by Gasteiger charge is -2.29. The van der Waals surface area contributed by atoms with E-state index in [1.165, 1.54) is 11.3 Å². The van der Waals surface area contributed by atoms with E-state index in [0.29, 0.717) is 19.8 Å². The Balaban J connectivity index is 1.49. The van der Waals surface area contributed by atoms with Crippen LogP contribution in [0, 0.1) is 0 Å². The minimum absolute atomic E-state index is 0.0550. The van der Waals surface area contributed by atoms with E-state index in [0.717, 1.165) is 40.5 Å². The van der Waals surface area contributed by atoms with Crippen molar-refractivity contribution in [3.8, 4) is 11.1 Å². The number of hydrogen-bond acceptors (Lipinski definition) is 5. The smallest absolute Gasteiger partial charge is 0.262 e. The van der Waals surface area contributed by atoms with E-state index < -0.39 is 0 Å². The van der Waals surface area contributed by atoms with Crippen LogP contribution in [0.2, 0.25) is 0 Å². The molecule has 27 heavy (non-hydrogen) atoms. The molecule has 0 bridgehead atoms. The highest BCUT2D eigenvalue weighted by molar-refractivity contribution is 7.12. The number of thiophene rings is 1. The molecule has 1 amide bonds. The van der Waals surface area contributed by atoms with Crippen molar-refractivity contribution in [1.82, 2.24) is 10.3 Å².